The Balaban J connectivity index is 2.63. The zero-order valence-corrected chi connectivity index (χ0v) is 8.60. The fraction of sp³-hybridized carbons (Fsp3) is 0.364. The van der Waals surface area contributed by atoms with Gasteiger partial charge in [0, 0.05) is 0 Å². The Kier molecular flexibility index (Phi) is 4.13. The number of rotatable bonds is 4. The minimum absolute atomic E-state index is 0.252. The maximum atomic E-state index is 5.49. The first-order valence-corrected chi connectivity index (χ1v) is 4.66. The van der Waals surface area contributed by atoms with Gasteiger partial charge in [0.05, 0.1) is 18.9 Å². The first kappa shape index (κ1) is 10.7. The summed E-state index contributed by atoms with van der Waals surface area (Å²) in [7, 11) is 0. The molecule has 0 aliphatic heterocycles. The molecule has 14 heavy (non-hydrogen) atoms. The minimum atomic E-state index is 0.252. The Morgan fingerprint density at radius 3 is 2.93 bits per heavy atom. The number of benzene rings is 1. The summed E-state index contributed by atoms with van der Waals surface area (Å²) in [5, 5.41) is 3.48. The van der Waals surface area contributed by atoms with Crippen molar-refractivity contribution in [2.75, 3.05) is 0 Å². The van der Waals surface area contributed by atoms with Crippen molar-refractivity contribution in [3.05, 3.63) is 35.4 Å². The van der Waals surface area contributed by atoms with E-state index in [4.69, 9.17) is 10.6 Å². The van der Waals surface area contributed by atoms with Gasteiger partial charge >= 0.3 is 0 Å². The zero-order valence-electron chi connectivity index (χ0n) is 8.60. The van der Waals surface area contributed by atoms with Gasteiger partial charge in [-0.15, -0.1) is 0 Å². The highest BCUT2D eigenvalue weighted by molar-refractivity contribution is 5.79. The summed E-state index contributed by atoms with van der Waals surface area (Å²) in [5.41, 5.74) is 2.13. The van der Waals surface area contributed by atoms with Crippen molar-refractivity contribution in [1.82, 2.24) is 0 Å². The minimum Gasteiger partial charge on any atom is -0.374 e. The Bertz CT molecular complexity index is 308. The molecular formula is C11H16N2O. The van der Waals surface area contributed by atoms with Crippen LogP contribution in [0.5, 0.6) is 0 Å². The van der Waals surface area contributed by atoms with Crippen LogP contribution in [0.15, 0.2) is 29.4 Å². The van der Waals surface area contributed by atoms with E-state index in [0.717, 1.165) is 11.1 Å². The Morgan fingerprint density at radius 2 is 2.29 bits per heavy atom. The second kappa shape index (κ2) is 5.40. The standard InChI is InChI=1S/C11H16N2O/c1-9(2)14-8-11-5-3-4-10(6-11)7-13-12/h3-7,9H,8,12H2,1-2H3. The van der Waals surface area contributed by atoms with Crippen LogP contribution in [-0.2, 0) is 11.3 Å². The third-order valence-electron chi connectivity index (χ3n) is 1.76. The van der Waals surface area contributed by atoms with Gasteiger partial charge in [-0.3, -0.25) is 0 Å². The van der Waals surface area contributed by atoms with Crippen molar-refractivity contribution < 1.29 is 4.74 Å². The molecule has 0 aromatic heterocycles. The third kappa shape index (κ3) is 3.58. The van der Waals surface area contributed by atoms with Crippen molar-refractivity contribution in [3.63, 3.8) is 0 Å². The van der Waals surface area contributed by atoms with Gasteiger partial charge in [-0.25, -0.2) is 0 Å². The largest absolute Gasteiger partial charge is 0.374 e. The summed E-state index contributed by atoms with van der Waals surface area (Å²) in [5.74, 6) is 5.07. The van der Waals surface area contributed by atoms with Gasteiger partial charge in [-0.05, 0) is 31.0 Å². The molecular weight excluding hydrogens is 176 g/mol. The fourth-order valence-electron chi connectivity index (χ4n) is 1.11. The van der Waals surface area contributed by atoms with E-state index in [1.807, 2.05) is 38.1 Å². The molecule has 0 heterocycles. The van der Waals surface area contributed by atoms with Crippen LogP contribution < -0.4 is 5.84 Å². The average molecular weight is 192 g/mol. The summed E-state index contributed by atoms with van der Waals surface area (Å²) in [4.78, 5) is 0. The van der Waals surface area contributed by atoms with Crippen LogP contribution in [0.1, 0.15) is 25.0 Å². The molecule has 0 fully saturated rings. The lowest BCUT2D eigenvalue weighted by atomic mass is 10.1. The Morgan fingerprint density at radius 1 is 1.50 bits per heavy atom. The number of hydrogen-bond acceptors (Lipinski definition) is 3. The predicted octanol–water partition coefficient (Wildman–Crippen LogP) is 1.90. The Hall–Kier alpha value is -1.35. The molecule has 0 atom stereocenters. The predicted molar refractivity (Wildman–Crippen MR) is 58.1 cm³/mol. The summed E-state index contributed by atoms with van der Waals surface area (Å²) in [6.45, 7) is 4.67. The van der Waals surface area contributed by atoms with Crippen molar-refractivity contribution in [1.29, 1.82) is 0 Å². The van der Waals surface area contributed by atoms with Gasteiger partial charge < -0.3 is 10.6 Å². The smallest absolute Gasteiger partial charge is 0.0720 e. The Labute approximate surface area is 84.6 Å². The highest BCUT2D eigenvalue weighted by Gasteiger charge is 1.96. The molecule has 3 heteroatoms. The van der Waals surface area contributed by atoms with Crippen LogP contribution in [0.2, 0.25) is 0 Å². The van der Waals surface area contributed by atoms with Gasteiger partial charge in [0.1, 0.15) is 0 Å². The summed E-state index contributed by atoms with van der Waals surface area (Å²) in [6, 6.07) is 7.96. The summed E-state index contributed by atoms with van der Waals surface area (Å²) in [6.07, 6.45) is 1.88. The summed E-state index contributed by atoms with van der Waals surface area (Å²) < 4.78 is 5.49. The van der Waals surface area contributed by atoms with Crippen LogP contribution in [-0.4, -0.2) is 12.3 Å². The maximum Gasteiger partial charge on any atom is 0.0720 e. The van der Waals surface area contributed by atoms with E-state index >= 15 is 0 Å². The van der Waals surface area contributed by atoms with Crippen LogP contribution in [0.25, 0.3) is 0 Å². The van der Waals surface area contributed by atoms with Gasteiger partial charge in [-0.2, -0.15) is 5.10 Å². The normalized spacial score (nSPS) is 11.4. The fourth-order valence-corrected chi connectivity index (χ4v) is 1.11. The molecule has 0 spiro atoms. The first-order chi connectivity index (χ1) is 6.72. The van der Waals surface area contributed by atoms with Crippen LogP contribution in [0, 0.1) is 0 Å². The van der Waals surface area contributed by atoms with Crippen LogP contribution >= 0.6 is 0 Å². The molecule has 0 bridgehead atoms. The summed E-state index contributed by atoms with van der Waals surface area (Å²) >= 11 is 0. The topological polar surface area (TPSA) is 47.6 Å². The molecule has 2 N–H and O–H groups in total. The molecule has 3 nitrogen and oxygen atoms in total. The third-order valence-corrected chi connectivity index (χ3v) is 1.76. The number of nitrogens with two attached hydrogens (primary N) is 1. The molecule has 76 valence electrons. The zero-order chi connectivity index (χ0) is 10.4. The van der Waals surface area contributed by atoms with Crippen molar-refractivity contribution >= 4 is 6.21 Å². The number of ether oxygens (including phenoxy) is 1. The molecule has 0 saturated heterocycles. The second-order valence-corrected chi connectivity index (χ2v) is 3.38. The van der Waals surface area contributed by atoms with E-state index in [-0.39, 0.29) is 6.10 Å². The molecule has 0 unspecified atom stereocenters. The van der Waals surface area contributed by atoms with E-state index in [1.54, 1.807) is 6.21 Å². The monoisotopic (exact) mass is 192 g/mol. The van der Waals surface area contributed by atoms with Gasteiger partial charge in [-0.1, -0.05) is 18.2 Å². The maximum absolute atomic E-state index is 5.49. The highest BCUT2D eigenvalue weighted by atomic mass is 16.5. The second-order valence-electron chi connectivity index (χ2n) is 3.38. The van der Waals surface area contributed by atoms with Crippen molar-refractivity contribution in [2.24, 2.45) is 10.9 Å². The molecule has 0 saturated carbocycles. The van der Waals surface area contributed by atoms with Gasteiger partial charge in [0.15, 0.2) is 0 Å². The SMILES string of the molecule is CC(C)OCc1cccc(C=NN)c1. The quantitative estimate of drug-likeness (QED) is 0.450. The molecule has 0 amide bonds. The number of nitrogens with zero attached hydrogens (tertiary/aromatic N) is 1. The van der Waals surface area contributed by atoms with E-state index in [0.29, 0.717) is 6.61 Å². The first-order valence-electron chi connectivity index (χ1n) is 4.66. The molecule has 0 aliphatic rings. The molecule has 1 rings (SSSR count). The highest BCUT2D eigenvalue weighted by Crippen LogP contribution is 2.06. The van der Waals surface area contributed by atoms with Gasteiger partial charge in [0.2, 0.25) is 0 Å². The van der Waals surface area contributed by atoms with Crippen LogP contribution in [0.4, 0.5) is 0 Å². The average Bonchev–Trinajstić information content (AvgIpc) is 2.16. The molecule has 1 aromatic carbocycles. The van der Waals surface area contributed by atoms with Crippen molar-refractivity contribution in [3.8, 4) is 0 Å². The van der Waals surface area contributed by atoms with Crippen molar-refractivity contribution in [2.45, 2.75) is 26.6 Å². The molecule has 0 aliphatic carbocycles. The van der Waals surface area contributed by atoms with E-state index in [2.05, 4.69) is 5.10 Å². The lowest BCUT2D eigenvalue weighted by Crippen LogP contribution is -2.02. The van der Waals surface area contributed by atoms with Gasteiger partial charge in [0.25, 0.3) is 0 Å². The lowest BCUT2D eigenvalue weighted by Gasteiger charge is -2.07. The lowest BCUT2D eigenvalue weighted by molar-refractivity contribution is 0.0657. The molecule has 0 radical (unpaired) electrons. The van der Waals surface area contributed by atoms with E-state index < -0.39 is 0 Å². The number of hydrogen-bond donors (Lipinski definition) is 1. The van der Waals surface area contributed by atoms with E-state index in [9.17, 15) is 0 Å². The number of hydrazone groups is 1. The van der Waals surface area contributed by atoms with E-state index in [1.165, 1.54) is 0 Å². The van der Waals surface area contributed by atoms with Crippen LogP contribution in [0.3, 0.4) is 0 Å². The molecule has 1 aromatic rings.